The second-order valence-corrected chi connectivity index (χ2v) is 3.33. The Hall–Kier alpha value is -0.900. The van der Waals surface area contributed by atoms with Crippen molar-refractivity contribution in [3.63, 3.8) is 0 Å². The maximum absolute atomic E-state index is 11.4. The molecule has 0 saturated carbocycles. The summed E-state index contributed by atoms with van der Waals surface area (Å²) in [4.78, 5) is 21.7. The van der Waals surface area contributed by atoms with E-state index >= 15 is 0 Å². The number of hydrogen-bond donors (Lipinski definition) is 2. The number of carboxylic acid groups (broad SMARTS) is 1. The summed E-state index contributed by atoms with van der Waals surface area (Å²) in [6, 6.07) is -0.323. The van der Waals surface area contributed by atoms with Crippen molar-refractivity contribution in [1.29, 1.82) is 0 Å². The lowest BCUT2D eigenvalue weighted by Gasteiger charge is -2.15. The molecule has 13 heavy (non-hydrogen) atoms. The quantitative estimate of drug-likeness (QED) is 0.641. The van der Waals surface area contributed by atoms with Crippen LogP contribution in [-0.2, 0) is 9.59 Å². The van der Waals surface area contributed by atoms with E-state index in [0.717, 1.165) is 0 Å². The number of Topliss-reactive ketones (excluding diaryl/α,β-unsaturated/α-hetero) is 1. The SMILES string of the molecule is CN[C@H](CCC(=O)O)C(=O)C(C)C. The number of carbonyl (C=O) groups is 2. The molecule has 0 aromatic carbocycles. The number of hydrogen-bond acceptors (Lipinski definition) is 3. The zero-order chi connectivity index (χ0) is 10.4. The molecule has 4 heteroatoms. The van der Waals surface area contributed by atoms with Crippen LogP contribution in [0.2, 0.25) is 0 Å². The number of carbonyl (C=O) groups excluding carboxylic acids is 1. The van der Waals surface area contributed by atoms with Crippen LogP contribution in [-0.4, -0.2) is 29.9 Å². The summed E-state index contributed by atoms with van der Waals surface area (Å²) in [5, 5.41) is 11.3. The molecular weight excluding hydrogens is 170 g/mol. The molecule has 0 aliphatic carbocycles. The van der Waals surface area contributed by atoms with Gasteiger partial charge in [0.25, 0.3) is 0 Å². The average molecular weight is 187 g/mol. The molecule has 0 unspecified atom stereocenters. The molecule has 0 rings (SSSR count). The molecule has 0 fully saturated rings. The lowest BCUT2D eigenvalue weighted by molar-refractivity contribution is -0.137. The van der Waals surface area contributed by atoms with Gasteiger partial charge in [0, 0.05) is 12.3 Å². The fourth-order valence-electron chi connectivity index (χ4n) is 1.10. The highest BCUT2D eigenvalue weighted by atomic mass is 16.4. The Morgan fingerprint density at radius 3 is 2.23 bits per heavy atom. The van der Waals surface area contributed by atoms with E-state index in [1.165, 1.54) is 0 Å². The molecule has 4 nitrogen and oxygen atoms in total. The zero-order valence-electron chi connectivity index (χ0n) is 8.33. The minimum atomic E-state index is -0.864. The number of aliphatic carboxylic acids is 1. The van der Waals surface area contributed by atoms with Crippen LogP contribution in [0.1, 0.15) is 26.7 Å². The highest BCUT2D eigenvalue weighted by Gasteiger charge is 2.19. The van der Waals surface area contributed by atoms with Crippen LogP contribution in [0.15, 0.2) is 0 Å². The number of nitrogens with one attached hydrogen (secondary N) is 1. The molecule has 0 spiro atoms. The molecule has 0 aliphatic rings. The topological polar surface area (TPSA) is 66.4 Å². The van der Waals surface area contributed by atoms with Crippen LogP contribution >= 0.6 is 0 Å². The molecule has 0 heterocycles. The molecule has 0 bridgehead atoms. The first-order chi connectivity index (χ1) is 5.99. The summed E-state index contributed by atoms with van der Waals surface area (Å²) in [5.74, 6) is -0.841. The Kier molecular flexibility index (Phi) is 5.30. The Labute approximate surface area is 78.3 Å². The van der Waals surface area contributed by atoms with Crippen LogP contribution in [0.4, 0.5) is 0 Å². The molecule has 0 amide bonds. The van der Waals surface area contributed by atoms with Gasteiger partial charge in [-0.2, -0.15) is 0 Å². The van der Waals surface area contributed by atoms with Crippen LogP contribution in [0, 0.1) is 5.92 Å². The van der Waals surface area contributed by atoms with Crippen LogP contribution in [0.3, 0.4) is 0 Å². The normalized spacial score (nSPS) is 12.9. The molecule has 2 N–H and O–H groups in total. The smallest absolute Gasteiger partial charge is 0.303 e. The molecular formula is C9H17NO3. The van der Waals surface area contributed by atoms with Crippen molar-refractivity contribution in [3.05, 3.63) is 0 Å². The molecule has 0 aromatic heterocycles. The van der Waals surface area contributed by atoms with Gasteiger partial charge in [0.1, 0.15) is 0 Å². The standard InChI is InChI=1S/C9H17NO3/c1-6(2)9(13)7(10-3)4-5-8(11)12/h6-7,10H,4-5H2,1-3H3,(H,11,12)/t7-/m1/s1. The van der Waals surface area contributed by atoms with Gasteiger partial charge in [-0.05, 0) is 13.5 Å². The lowest BCUT2D eigenvalue weighted by Crippen LogP contribution is -2.37. The fraction of sp³-hybridized carbons (Fsp3) is 0.778. The van der Waals surface area contributed by atoms with Gasteiger partial charge in [0.05, 0.1) is 6.04 Å². The van der Waals surface area contributed by atoms with E-state index in [4.69, 9.17) is 5.11 Å². The third-order valence-corrected chi connectivity index (χ3v) is 1.91. The Morgan fingerprint density at radius 2 is 1.92 bits per heavy atom. The second-order valence-electron chi connectivity index (χ2n) is 3.33. The van der Waals surface area contributed by atoms with Crippen molar-refractivity contribution in [2.24, 2.45) is 5.92 Å². The van der Waals surface area contributed by atoms with E-state index in [1.54, 1.807) is 7.05 Å². The first-order valence-electron chi connectivity index (χ1n) is 4.41. The van der Waals surface area contributed by atoms with Gasteiger partial charge in [0.15, 0.2) is 5.78 Å². The summed E-state index contributed by atoms with van der Waals surface area (Å²) in [7, 11) is 1.67. The zero-order valence-corrected chi connectivity index (χ0v) is 8.33. The Bertz CT molecular complexity index is 189. The monoisotopic (exact) mass is 187 g/mol. The summed E-state index contributed by atoms with van der Waals surface area (Å²) in [6.07, 6.45) is 0.396. The van der Waals surface area contributed by atoms with Gasteiger partial charge in [-0.3, -0.25) is 9.59 Å². The minimum absolute atomic E-state index is 0.0317. The molecule has 0 aromatic rings. The summed E-state index contributed by atoms with van der Waals surface area (Å²) in [5.41, 5.74) is 0. The van der Waals surface area contributed by atoms with Gasteiger partial charge in [0.2, 0.25) is 0 Å². The number of likely N-dealkylation sites (N-methyl/N-ethyl adjacent to an activating group) is 1. The van der Waals surface area contributed by atoms with Gasteiger partial charge in [-0.15, -0.1) is 0 Å². The van der Waals surface area contributed by atoms with E-state index in [-0.39, 0.29) is 24.2 Å². The number of carboxylic acids is 1. The summed E-state index contributed by atoms with van der Waals surface area (Å²) in [6.45, 7) is 3.63. The third kappa shape index (κ3) is 4.62. The summed E-state index contributed by atoms with van der Waals surface area (Å²) >= 11 is 0. The van der Waals surface area contributed by atoms with Gasteiger partial charge in [-0.25, -0.2) is 0 Å². The third-order valence-electron chi connectivity index (χ3n) is 1.91. The van der Waals surface area contributed by atoms with Gasteiger partial charge >= 0.3 is 5.97 Å². The first kappa shape index (κ1) is 12.1. The van der Waals surface area contributed by atoms with Crippen LogP contribution in [0.5, 0.6) is 0 Å². The van der Waals surface area contributed by atoms with E-state index in [2.05, 4.69) is 5.32 Å². The van der Waals surface area contributed by atoms with E-state index in [1.807, 2.05) is 13.8 Å². The van der Waals surface area contributed by atoms with E-state index in [0.29, 0.717) is 6.42 Å². The summed E-state index contributed by atoms with van der Waals surface area (Å²) < 4.78 is 0. The van der Waals surface area contributed by atoms with Crippen molar-refractivity contribution in [2.75, 3.05) is 7.05 Å². The van der Waals surface area contributed by atoms with E-state index < -0.39 is 5.97 Å². The lowest BCUT2D eigenvalue weighted by atomic mass is 9.98. The fourth-order valence-corrected chi connectivity index (χ4v) is 1.10. The van der Waals surface area contributed by atoms with Crippen molar-refractivity contribution < 1.29 is 14.7 Å². The first-order valence-corrected chi connectivity index (χ1v) is 4.41. The number of rotatable bonds is 6. The second kappa shape index (κ2) is 5.70. The maximum Gasteiger partial charge on any atom is 0.303 e. The molecule has 0 radical (unpaired) electrons. The highest BCUT2D eigenvalue weighted by Crippen LogP contribution is 2.05. The minimum Gasteiger partial charge on any atom is -0.481 e. The average Bonchev–Trinajstić information content (AvgIpc) is 2.04. The predicted molar refractivity (Wildman–Crippen MR) is 49.6 cm³/mol. The molecule has 0 saturated heterocycles. The highest BCUT2D eigenvalue weighted by molar-refractivity contribution is 5.86. The van der Waals surface area contributed by atoms with Crippen LogP contribution in [0.25, 0.3) is 0 Å². The van der Waals surface area contributed by atoms with Crippen LogP contribution < -0.4 is 5.32 Å². The van der Waals surface area contributed by atoms with Crippen molar-refractivity contribution in [3.8, 4) is 0 Å². The maximum atomic E-state index is 11.4. The molecule has 0 aliphatic heterocycles. The number of ketones is 1. The van der Waals surface area contributed by atoms with E-state index in [9.17, 15) is 9.59 Å². The van der Waals surface area contributed by atoms with Crippen molar-refractivity contribution >= 4 is 11.8 Å². The Balaban J connectivity index is 4.02. The van der Waals surface area contributed by atoms with Crippen molar-refractivity contribution in [2.45, 2.75) is 32.7 Å². The molecule has 1 atom stereocenters. The predicted octanol–water partition coefficient (Wildman–Crippen LogP) is 0.664. The molecule has 76 valence electrons. The van der Waals surface area contributed by atoms with Crippen molar-refractivity contribution in [1.82, 2.24) is 5.32 Å². The Morgan fingerprint density at radius 1 is 1.38 bits per heavy atom. The van der Waals surface area contributed by atoms with Gasteiger partial charge in [-0.1, -0.05) is 13.8 Å². The van der Waals surface area contributed by atoms with Gasteiger partial charge < -0.3 is 10.4 Å². The largest absolute Gasteiger partial charge is 0.481 e.